The molecule has 0 saturated heterocycles. The molecule has 0 atom stereocenters. The molecule has 0 saturated carbocycles. The monoisotopic (exact) mass is 346 g/mol. The van der Waals surface area contributed by atoms with E-state index in [1.165, 1.54) is 11.3 Å². The Hall–Kier alpha value is -1.72. The van der Waals surface area contributed by atoms with Gasteiger partial charge in [-0.05, 0) is 37.3 Å². The smallest absolute Gasteiger partial charge is 0.257 e. The number of nitrogens with zero attached hydrogens (tertiary/aromatic N) is 1. The van der Waals surface area contributed by atoms with Gasteiger partial charge in [0, 0.05) is 10.0 Å². The molecule has 20 heavy (non-hydrogen) atoms. The first-order valence-electron chi connectivity index (χ1n) is 6.06. The molecule has 0 spiro atoms. The van der Waals surface area contributed by atoms with Gasteiger partial charge in [0.05, 0.1) is 10.2 Å². The van der Waals surface area contributed by atoms with Crippen LogP contribution in [0.3, 0.4) is 0 Å². The molecule has 5 heteroatoms. The highest BCUT2D eigenvalue weighted by Gasteiger charge is 2.10. The third-order valence-electron chi connectivity index (χ3n) is 2.85. The first-order chi connectivity index (χ1) is 9.61. The van der Waals surface area contributed by atoms with E-state index < -0.39 is 0 Å². The highest BCUT2D eigenvalue weighted by atomic mass is 79.9. The second-order valence-corrected chi connectivity index (χ2v) is 6.40. The van der Waals surface area contributed by atoms with Gasteiger partial charge in [-0.15, -0.1) is 0 Å². The van der Waals surface area contributed by atoms with Crippen molar-refractivity contribution in [3.05, 3.63) is 58.1 Å². The van der Waals surface area contributed by atoms with Gasteiger partial charge >= 0.3 is 0 Å². The predicted octanol–water partition coefficient (Wildman–Crippen LogP) is 4.62. The number of benzene rings is 2. The molecule has 0 fully saturated rings. The van der Waals surface area contributed by atoms with Crippen LogP contribution < -0.4 is 5.32 Å². The Kier molecular flexibility index (Phi) is 3.54. The molecule has 100 valence electrons. The molecule has 1 N–H and O–H groups in total. The number of nitrogens with one attached hydrogen (secondary N) is 1. The Balaban J connectivity index is 1.87. The van der Waals surface area contributed by atoms with E-state index in [-0.39, 0.29) is 5.91 Å². The summed E-state index contributed by atoms with van der Waals surface area (Å²) in [5, 5.41) is 3.46. The number of amides is 1. The van der Waals surface area contributed by atoms with E-state index in [1.807, 2.05) is 43.3 Å². The highest BCUT2D eigenvalue weighted by molar-refractivity contribution is 9.10. The van der Waals surface area contributed by atoms with Crippen molar-refractivity contribution in [1.82, 2.24) is 4.98 Å². The van der Waals surface area contributed by atoms with Crippen LogP contribution in [-0.2, 0) is 0 Å². The highest BCUT2D eigenvalue weighted by Crippen LogP contribution is 2.28. The topological polar surface area (TPSA) is 42.0 Å². The number of fused-ring (bicyclic) bond motifs is 1. The van der Waals surface area contributed by atoms with Crippen LogP contribution in [0.2, 0.25) is 0 Å². The Bertz CT molecular complexity index is 797. The van der Waals surface area contributed by atoms with E-state index in [2.05, 4.69) is 26.2 Å². The van der Waals surface area contributed by atoms with E-state index in [0.717, 1.165) is 20.3 Å². The van der Waals surface area contributed by atoms with Crippen molar-refractivity contribution in [2.45, 2.75) is 6.92 Å². The SMILES string of the molecule is Cc1cccc(C(=O)Nc2nc3ccc(Br)cc3s2)c1. The fourth-order valence-corrected chi connectivity index (χ4v) is 3.32. The lowest BCUT2D eigenvalue weighted by molar-refractivity contribution is 0.102. The van der Waals surface area contributed by atoms with Crippen LogP contribution in [0.15, 0.2) is 46.9 Å². The van der Waals surface area contributed by atoms with Gasteiger partial charge in [-0.25, -0.2) is 4.98 Å². The molecule has 0 radical (unpaired) electrons. The largest absolute Gasteiger partial charge is 0.298 e. The van der Waals surface area contributed by atoms with Crippen LogP contribution >= 0.6 is 27.3 Å². The maximum atomic E-state index is 12.2. The fourth-order valence-electron chi connectivity index (χ4n) is 1.91. The first-order valence-corrected chi connectivity index (χ1v) is 7.67. The zero-order valence-electron chi connectivity index (χ0n) is 10.7. The standard InChI is InChI=1S/C15H11BrN2OS/c1-9-3-2-4-10(7-9)14(19)18-15-17-12-6-5-11(16)8-13(12)20-15/h2-8H,1H3,(H,17,18,19). The Morgan fingerprint density at radius 2 is 2.10 bits per heavy atom. The molecule has 0 aliphatic rings. The normalized spacial score (nSPS) is 10.7. The summed E-state index contributed by atoms with van der Waals surface area (Å²) in [6, 6.07) is 13.4. The molecule has 3 rings (SSSR count). The van der Waals surface area contributed by atoms with Gasteiger partial charge in [-0.3, -0.25) is 10.1 Å². The van der Waals surface area contributed by atoms with E-state index in [9.17, 15) is 4.79 Å². The molecule has 0 unspecified atom stereocenters. The van der Waals surface area contributed by atoms with Crippen molar-refractivity contribution < 1.29 is 4.79 Å². The number of hydrogen-bond acceptors (Lipinski definition) is 3. The number of rotatable bonds is 2. The Labute approximate surface area is 128 Å². The number of aromatic nitrogens is 1. The van der Waals surface area contributed by atoms with Crippen molar-refractivity contribution in [2.24, 2.45) is 0 Å². The molecule has 1 heterocycles. The molecule has 2 aromatic carbocycles. The lowest BCUT2D eigenvalue weighted by Crippen LogP contribution is -2.11. The van der Waals surface area contributed by atoms with Gasteiger partial charge in [0.25, 0.3) is 5.91 Å². The molecule has 3 nitrogen and oxygen atoms in total. The minimum absolute atomic E-state index is 0.133. The lowest BCUT2D eigenvalue weighted by Gasteiger charge is -2.02. The Morgan fingerprint density at radius 1 is 1.25 bits per heavy atom. The van der Waals surface area contributed by atoms with Crippen LogP contribution in [0.25, 0.3) is 10.2 Å². The summed E-state index contributed by atoms with van der Waals surface area (Å²) >= 11 is 4.89. The number of aryl methyl sites for hydroxylation is 1. The van der Waals surface area contributed by atoms with Crippen molar-refractivity contribution in [1.29, 1.82) is 0 Å². The molecule has 1 aromatic heterocycles. The minimum Gasteiger partial charge on any atom is -0.298 e. The summed E-state index contributed by atoms with van der Waals surface area (Å²) < 4.78 is 2.05. The second kappa shape index (κ2) is 5.34. The molecule has 1 amide bonds. The van der Waals surface area contributed by atoms with Crippen molar-refractivity contribution >= 4 is 48.5 Å². The van der Waals surface area contributed by atoms with Gasteiger partial charge in [-0.1, -0.05) is 45.0 Å². The van der Waals surface area contributed by atoms with Gasteiger partial charge < -0.3 is 0 Å². The number of halogens is 1. The summed E-state index contributed by atoms with van der Waals surface area (Å²) in [4.78, 5) is 16.6. The zero-order chi connectivity index (χ0) is 14.1. The Morgan fingerprint density at radius 3 is 2.90 bits per heavy atom. The van der Waals surface area contributed by atoms with Gasteiger partial charge in [0.1, 0.15) is 0 Å². The van der Waals surface area contributed by atoms with Crippen molar-refractivity contribution in [2.75, 3.05) is 5.32 Å². The minimum atomic E-state index is -0.133. The molecule has 0 aliphatic carbocycles. The van der Waals surface area contributed by atoms with E-state index in [0.29, 0.717) is 10.7 Å². The van der Waals surface area contributed by atoms with Crippen LogP contribution in [-0.4, -0.2) is 10.9 Å². The quantitative estimate of drug-likeness (QED) is 0.735. The van der Waals surface area contributed by atoms with Crippen LogP contribution in [0.4, 0.5) is 5.13 Å². The maximum Gasteiger partial charge on any atom is 0.257 e. The van der Waals surface area contributed by atoms with Crippen molar-refractivity contribution in [3.63, 3.8) is 0 Å². The van der Waals surface area contributed by atoms with Crippen LogP contribution in [0, 0.1) is 6.92 Å². The lowest BCUT2D eigenvalue weighted by atomic mass is 10.1. The molecular weight excluding hydrogens is 336 g/mol. The number of anilines is 1. The second-order valence-electron chi connectivity index (χ2n) is 4.45. The third kappa shape index (κ3) is 2.73. The third-order valence-corrected chi connectivity index (χ3v) is 4.28. The summed E-state index contributed by atoms with van der Waals surface area (Å²) in [7, 11) is 0. The van der Waals surface area contributed by atoms with Gasteiger partial charge in [-0.2, -0.15) is 0 Å². The first kappa shape index (κ1) is 13.3. The summed E-state index contributed by atoms with van der Waals surface area (Å²) in [5.74, 6) is -0.133. The van der Waals surface area contributed by atoms with E-state index in [4.69, 9.17) is 0 Å². The van der Waals surface area contributed by atoms with Gasteiger partial charge in [0.15, 0.2) is 5.13 Å². The summed E-state index contributed by atoms with van der Waals surface area (Å²) in [5.41, 5.74) is 2.59. The average molecular weight is 347 g/mol. The fraction of sp³-hybridized carbons (Fsp3) is 0.0667. The predicted molar refractivity (Wildman–Crippen MR) is 86.5 cm³/mol. The molecule has 0 aliphatic heterocycles. The van der Waals surface area contributed by atoms with E-state index >= 15 is 0 Å². The molecule has 3 aromatic rings. The summed E-state index contributed by atoms with van der Waals surface area (Å²) in [6.45, 7) is 1.96. The number of hydrogen-bond donors (Lipinski definition) is 1. The molecular formula is C15H11BrN2OS. The molecule has 0 bridgehead atoms. The number of carbonyl (C=O) groups is 1. The summed E-state index contributed by atoms with van der Waals surface area (Å²) in [6.07, 6.45) is 0. The van der Waals surface area contributed by atoms with Crippen LogP contribution in [0.1, 0.15) is 15.9 Å². The number of thiazole rings is 1. The van der Waals surface area contributed by atoms with Crippen LogP contribution in [0.5, 0.6) is 0 Å². The number of carbonyl (C=O) groups excluding carboxylic acids is 1. The zero-order valence-corrected chi connectivity index (χ0v) is 13.1. The maximum absolute atomic E-state index is 12.2. The van der Waals surface area contributed by atoms with Gasteiger partial charge in [0.2, 0.25) is 0 Å². The van der Waals surface area contributed by atoms with Crippen molar-refractivity contribution in [3.8, 4) is 0 Å². The van der Waals surface area contributed by atoms with E-state index in [1.54, 1.807) is 6.07 Å². The average Bonchev–Trinajstić information content (AvgIpc) is 2.80.